The summed E-state index contributed by atoms with van der Waals surface area (Å²) in [7, 11) is 0. The van der Waals surface area contributed by atoms with Crippen molar-refractivity contribution in [1.29, 1.82) is 5.26 Å². The van der Waals surface area contributed by atoms with E-state index < -0.39 is 10.8 Å². The Hall–Kier alpha value is -2.92. The van der Waals surface area contributed by atoms with Crippen molar-refractivity contribution in [2.45, 2.75) is 18.9 Å². The Balaban J connectivity index is 2.14. The molecule has 0 radical (unpaired) electrons. The highest BCUT2D eigenvalue weighted by Crippen LogP contribution is 2.25. The largest absolute Gasteiger partial charge is 0.507 e. The maximum absolute atomic E-state index is 12.0. The van der Waals surface area contributed by atoms with Gasteiger partial charge in [-0.25, -0.2) is 0 Å². The highest BCUT2D eigenvalue weighted by atomic mass is 16.6. The average Bonchev–Trinajstić information content (AvgIpc) is 3.05. The van der Waals surface area contributed by atoms with Crippen LogP contribution in [0.15, 0.2) is 23.8 Å². The van der Waals surface area contributed by atoms with E-state index in [1.165, 1.54) is 0 Å². The Morgan fingerprint density at radius 2 is 2.39 bits per heavy atom. The minimum Gasteiger partial charge on any atom is -0.507 e. The average molecular weight is 317 g/mol. The molecule has 1 heterocycles. The predicted octanol–water partition coefficient (Wildman–Crippen LogP) is 1.50. The summed E-state index contributed by atoms with van der Waals surface area (Å²) in [6.45, 7) is 0.946. The molecule has 1 fully saturated rings. The number of aromatic hydroxyl groups is 1. The number of amides is 1. The normalized spacial score (nSPS) is 17.5. The summed E-state index contributed by atoms with van der Waals surface area (Å²) in [6.07, 6.45) is 2.83. The van der Waals surface area contributed by atoms with Crippen molar-refractivity contribution in [3.8, 4) is 11.8 Å². The molecular weight excluding hydrogens is 302 g/mol. The van der Waals surface area contributed by atoms with Gasteiger partial charge >= 0.3 is 0 Å². The fourth-order valence-corrected chi connectivity index (χ4v) is 2.18. The lowest BCUT2D eigenvalue weighted by Gasteiger charge is -2.10. The van der Waals surface area contributed by atoms with Crippen LogP contribution < -0.4 is 5.32 Å². The smallest absolute Gasteiger partial charge is 0.270 e. The molecule has 2 rings (SSSR count). The van der Waals surface area contributed by atoms with E-state index >= 15 is 0 Å². The van der Waals surface area contributed by atoms with Crippen LogP contribution in [0.25, 0.3) is 6.08 Å². The number of nitrogens with zero attached hydrogens (tertiary/aromatic N) is 2. The number of ether oxygens (including phenoxy) is 1. The van der Waals surface area contributed by atoms with Gasteiger partial charge in [-0.05, 0) is 25.0 Å². The van der Waals surface area contributed by atoms with Gasteiger partial charge in [-0.2, -0.15) is 5.26 Å². The number of rotatable bonds is 5. The molecule has 1 atom stereocenters. The SMILES string of the molecule is N#C/C(=C/c1cc([N+](=O)[O-])ccc1O)C(=O)NC[C@H]1CCCO1. The van der Waals surface area contributed by atoms with Crippen LogP contribution in [0.4, 0.5) is 5.69 Å². The minimum atomic E-state index is -0.625. The fraction of sp³-hybridized carbons (Fsp3) is 0.333. The number of hydrogen-bond donors (Lipinski definition) is 2. The third-order valence-electron chi connectivity index (χ3n) is 3.40. The number of nitro benzene ring substituents is 1. The van der Waals surface area contributed by atoms with E-state index in [1.54, 1.807) is 6.07 Å². The fourth-order valence-electron chi connectivity index (χ4n) is 2.18. The van der Waals surface area contributed by atoms with Gasteiger partial charge in [-0.1, -0.05) is 0 Å². The Kier molecular flexibility index (Phi) is 5.28. The van der Waals surface area contributed by atoms with Crippen LogP contribution >= 0.6 is 0 Å². The topological polar surface area (TPSA) is 125 Å². The first-order valence-corrected chi connectivity index (χ1v) is 7.00. The van der Waals surface area contributed by atoms with E-state index in [0.29, 0.717) is 13.2 Å². The molecule has 8 nitrogen and oxygen atoms in total. The van der Waals surface area contributed by atoms with Gasteiger partial charge in [0.05, 0.1) is 11.0 Å². The molecule has 1 aromatic carbocycles. The van der Waals surface area contributed by atoms with E-state index in [1.807, 2.05) is 0 Å². The quantitative estimate of drug-likeness (QED) is 0.367. The molecule has 120 valence electrons. The summed E-state index contributed by atoms with van der Waals surface area (Å²) >= 11 is 0. The van der Waals surface area contributed by atoms with Crippen LogP contribution in [0.1, 0.15) is 18.4 Å². The number of phenols is 1. The standard InChI is InChI=1S/C15H15N3O5/c16-8-11(15(20)17-9-13-2-1-5-23-13)6-10-7-12(18(21)22)3-4-14(10)19/h3-4,6-7,13,19H,1-2,5,9H2,(H,17,20)/b11-6-/t13-/m1/s1. The number of carbonyl (C=O) groups is 1. The van der Waals surface area contributed by atoms with Crippen LogP contribution in [0, 0.1) is 21.4 Å². The molecule has 2 N–H and O–H groups in total. The summed E-state index contributed by atoms with van der Waals surface area (Å²) in [5.74, 6) is -0.871. The molecule has 1 aromatic rings. The molecule has 1 saturated heterocycles. The lowest BCUT2D eigenvalue weighted by Crippen LogP contribution is -2.32. The van der Waals surface area contributed by atoms with Crippen molar-refractivity contribution >= 4 is 17.7 Å². The molecule has 1 amide bonds. The first-order chi connectivity index (χ1) is 11.0. The third-order valence-corrected chi connectivity index (χ3v) is 3.40. The maximum Gasteiger partial charge on any atom is 0.270 e. The van der Waals surface area contributed by atoms with Gasteiger partial charge in [0.1, 0.15) is 17.4 Å². The van der Waals surface area contributed by atoms with Crippen molar-refractivity contribution in [2.75, 3.05) is 13.2 Å². The first-order valence-electron chi connectivity index (χ1n) is 7.00. The van der Waals surface area contributed by atoms with Gasteiger partial charge in [0, 0.05) is 30.8 Å². The number of non-ortho nitro benzene ring substituents is 1. The van der Waals surface area contributed by atoms with E-state index in [4.69, 9.17) is 10.00 Å². The van der Waals surface area contributed by atoms with Gasteiger partial charge in [0.2, 0.25) is 0 Å². The van der Waals surface area contributed by atoms with E-state index in [9.17, 15) is 20.0 Å². The van der Waals surface area contributed by atoms with Gasteiger partial charge in [-0.15, -0.1) is 0 Å². The lowest BCUT2D eigenvalue weighted by atomic mass is 10.1. The second-order valence-corrected chi connectivity index (χ2v) is 5.02. The number of nitriles is 1. The van der Waals surface area contributed by atoms with Crippen molar-refractivity contribution in [1.82, 2.24) is 5.32 Å². The molecule has 8 heteroatoms. The second kappa shape index (κ2) is 7.38. The van der Waals surface area contributed by atoms with Crippen LogP contribution in [-0.4, -0.2) is 35.2 Å². The van der Waals surface area contributed by atoms with Crippen LogP contribution in [0.5, 0.6) is 5.75 Å². The molecular formula is C15H15N3O5. The highest BCUT2D eigenvalue weighted by molar-refractivity contribution is 6.02. The first kappa shape index (κ1) is 16.5. The number of hydrogen-bond acceptors (Lipinski definition) is 6. The molecule has 0 aromatic heterocycles. The zero-order chi connectivity index (χ0) is 16.8. The van der Waals surface area contributed by atoms with Gasteiger partial charge < -0.3 is 15.2 Å². The van der Waals surface area contributed by atoms with Crippen molar-refractivity contribution in [3.05, 3.63) is 39.4 Å². The Labute approximate surface area is 132 Å². The zero-order valence-corrected chi connectivity index (χ0v) is 12.2. The number of benzene rings is 1. The number of nitrogens with one attached hydrogen (secondary N) is 1. The molecule has 0 saturated carbocycles. The molecule has 0 bridgehead atoms. The summed E-state index contributed by atoms with van der Waals surface area (Å²) in [5, 5.41) is 32.1. The number of carbonyl (C=O) groups excluding carboxylic acids is 1. The molecule has 1 aliphatic rings. The second-order valence-electron chi connectivity index (χ2n) is 5.02. The van der Waals surface area contributed by atoms with Gasteiger partial charge in [-0.3, -0.25) is 14.9 Å². The Bertz CT molecular complexity index is 687. The molecule has 23 heavy (non-hydrogen) atoms. The molecule has 0 unspecified atom stereocenters. The monoisotopic (exact) mass is 317 g/mol. The Morgan fingerprint density at radius 1 is 1.61 bits per heavy atom. The Morgan fingerprint density at radius 3 is 3.00 bits per heavy atom. The number of phenolic OH excluding ortho intramolecular Hbond substituents is 1. The third kappa shape index (κ3) is 4.28. The minimum absolute atomic E-state index is 0.0306. The predicted molar refractivity (Wildman–Crippen MR) is 80.3 cm³/mol. The van der Waals surface area contributed by atoms with Gasteiger partial charge in [0.15, 0.2) is 0 Å². The maximum atomic E-state index is 12.0. The van der Waals surface area contributed by atoms with E-state index in [-0.39, 0.29) is 28.7 Å². The van der Waals surface area contributed by atoms with E-state index in [2.05, 4.69) is 5.32 Å². The van der Waals surface area contributed by atoms with E-state index in [0.717, 1.165) is 37.1 Å². The molecule has 1 aliphatic heterocycles. The van der Waals surface area contributed by atoms with Crippen LogP contribution in [0.2, 0.25) is 0 Å². The zero-order valence-electron chi connectivity index (χ0n) is 12.2. The van der Waals surface area contributed by atoms with Crippen molar-refractivity contribution in [2.24, 2.45) is 0 Å². The van der Waals surface area contributed by atoms with Crippen LogP contribution in [0.3, 0.4) is 0 Å². The van der Waals surface area contributed by atoms with Crippen molar-refractivity contribution in [3.63, 3.8) is 0 Å². The summed E-state index contributed by atoms with van der Waals surface area (Å²) in [6, 6.07) is 5.10. The summed E-state index contributed by atoms with van der Waals surface area (Å²) in [5.41, 5.74) is -0.465. The lowest BCUT2D eigenvalue weighted by molar-refractivity contribution is -0.384. The van der Waals surface area contributed by atoms with Gasteiger partial charge in [0.25, 0.3) is 11.6 Å². The summed E-state index contributed by atoms with van der Waals surface area (Å²) < 4.78 is 5.36. The molecule has 0 aliphatic carbocycles. The number of nitro groups is 1. The highest BCUT2D eigenvalue weighted by Gasteiger charge is 2.18. The summed E-state index contributed by atoms with van der Waals surface area (Å²) in [4.78, 5) is 22.1. The molecule has 0 spiro atoms. The van der Waals surface area contributed by atoms with Crippen molar-refractivity contribution < 1.29 is 19.6 Å². The van der Waals surface area contributed by atoms with Crippen LogP contribution in [-0.2, 0) is 9.53 Å².